The lowest BCUT2D eigenvalue weighted by Crippen LogP contribution is -2.46. The van der Waals surface area contributed by atoms with Crippen LogP contribution in [0.5, 0.6) is 0 Å². The zero-order chi connectivity index (χ0) is 20.0. The summed E-state index contributed by atoms with van der Waals surface area (Å²) in [5.74, 6) is -0.822. The number of hydrogen-bond donors (Lipinski definition) is 3. The van der Waals surface area contributed by atoms with Gasteiger partial charge in [0.25, 0.3) is 17.3 Å². The number of carbonyl (C=O) groups excluding carboxylic acids is 1. The second-order valence-corrected chi connectivity index (χ2v) is 5.99. The Labute approximate surface area is 162 Å². The fraction of sp³-hybridized carbons (Fsp3) is 0.0667. The van der Waals surface area contributed by atoms with Crippen molar-refractivity contribution in [3.05, 3.63) is 78.8 Å². The van der Waals surface area contributed by atoms with Crippen LogP contribution in [0.25, 0.3) is 0 Å². The van der Waals surface area contributed by atoms with Gasteiger partial charge in [-0.05, 0) is 29.9 Å². The number of nitro benzene ring substituents is 2. The molecule has 3 N–H and O–H groups in total. The molecule has 27 heavy (non-hydrogen) atoms. The second-order valence-electron chi connectivity index (χ2n) is 5.14. The minimum Gasteiger partial charge on any atom is -0.357 e. The molecule has 0 saturated heterocycles. The first-order chi connectivity index (χ1) is 12.8. The van der Waals surface area contributed by atoms with Crippen LogP contribution in [0.2, 0.25) is 5.02 Å². The fourth-order valence-electron chi connectivity index (χ4n) is 1.95. The summed E-state index contributed by atoms with van der Waals surface area (Å²) >= 11 is 10.8. The lowest BCUT2D eigenvalue weighted by atomic mass is 10.1. The highest BCUT2D eigenvalue weighted by Crippen LogP contribution is 2.22. The van der Waals surface area contributed by atoms with Gasteiger partial charge in [0.2, 0.25) is 0 Å². The summed E-state index contributed by atoms with van der Waals surface area (Å²) in [6, 6.07) is 9.63. The highest BCUT2D eigenvalue weighted by atomic mass is 35.5. The number of rotatable bonds is 5. The minimum atomic E-state index is -0.824. The number of carbonyl (C=O) groups is 1. The quantitative estimate of drug-likeness (QED) is 0.388. The number of hydrogen-bond acceptors (Lipinski definition) is 6. The molecule has 0 atom stereocenters. The molecule has 0 spiro atoms. The average Bonchev–Trinajstić information content (AvgIpc) is 2.65. The Morgan fingerprint density at radius 1 is 1.00 bits per heavy atom. The third-order valence-electron chi connectivity index (χ3n) is 3.24. The maximum Gasteiger partial charge on any atom is 0.277 e. The van der Waals surface area contributed by atoms with Crippen LogP contribution in [0.15, 0.2) is 42.5 Å². The first-order valence-electron chi connectivity index (χ1n) is 7.29. The van der Waals surface area contributed by atoms with E-state index < -0.39 is 27.1 Å². The van der Waals surface area contributed by atoms with Crippen molar-refractivity contribution < 1.29 is 14.6 Å². The van der Waals surface area contributed by atoms with Gasteiger partial charge < -0.3 is 5.32 Å². The van der Waals surface area contributed by atoms with Crippen molar-refractivity contribution in [3.63, 3.8) is 0 Å². The van der Waals surface area contributed by atoms with Crippen molar-refractivity contribution in [2.75, 3.05) is 0 Å². The van der Waals surface area contributed by atoms with Crippen molar-refractivity contribution in [3.8, 4) is 0 Å². The number of halogens is 1. The van der Waals surface area contributed by atoms with Gasteiger partial charge in [-0.25, -0.2) is 0 Å². The molecular formula is C15H12ClN5O5S. The molecular weight excluding hydrogens is 398 g/mol. The second kappa shape index (κ2) is 8.87. The molecule has 0 bridgehead atoms. The zero-order valence-electron chi connectivity index (χ0n) is 13.5. The van der Waals surface area contributed by atoms with Crippen LogP contribution in [0, 0.1) is 20.2 Å². The molecule has 0 aliphatic carbocycles. The van der Waals surface area contributed by atoms with Crippen LogP contribution in [0.1, 0.15) is 15.9 Å². The predicted molar refractivity (Wildman–Crippen MR) is 101 cm³/mol. The molecule has 0 fully saturated rings. The molecule has 0 heterocycles. The van der Waals surface area contributed by atoms with Crippen molar-refractivity contribution in [1.29, 1.82) is 0 Å². The summed E-state index contributed by atoms with van der Waals surface area (Å²) in [5, 5.41) is 25.2. The van der Waals surface area contributed by atoms with Crippen LogP contribution >= 0.6 is 23.8 Å². The van der Waals surface area contributed by atoms with Crippen LogP contribution in [0.4, 0.5) is 11.4 Å². The van der Waals surface area contributed by atoms with Gasteiger partial charge in [-0.1, -0.05) is 23.7 Å². The topological polar surface area (TPSA) is 139 Å². The van der Waals surface area contributed by atoms with Crippen molar-refractivity contribution in [2.45, 2.75) is 6.54 Å². The van der Waals surface area contributed by atoms with Gasteiger partial charge in [0.15, 0.2) is 5.11 Å². The molecule has 2 rings (SSSR count). The van der Waals surface area contributed by atoms with E-state index in [9.17, 15) is 25.0 Å². The normalized spacial score (nSPS) is 9.96. The van der Waals surface area contributed by atoms with Gasteiger partial charge in [-0.15, -0.1) is 0 Å². The molecule has 2 aromatic carbocycles. The van der Waals surface area contributed by atoms with Crippen molar-refractivity contribution in [1.82, 2.24) is 16.2 Å². The van der Waals surface area contributed by atoms with E-state index in [2.05, 4.69) is 16.2 Å². The average molecular weight is 410 g/mol. The molecule has 0 saturated carbocycles. The van der Waals surface area contributed by atoms with Gasteiger partial charge >= 0.3 is 0 Å². The van der Waals surface area contributed by atoms with E-state index in [-0.39, 0.29) is 10.7 Å². The van der Waals surface area contributed by atoms with E-state index in [1.807, 2.05) is 0 Å². The van der Waals surface area contributed by atoms with Gasteiger partial charge in [0.1, 0.15) is 0 Å². The summed E-state index contributed by atoms with van der Waals surface area (Å²) < 4.78 is 0. The molecule has 0 radical (unpaired) electrons. The Morgan fingerprint density at radius 2 is 1.56 bits per heavy atom. The third-order valence-corrected chi connectivity index (χ3v) is 3.74. The summed E-state index contributed by atoms with van der Waals surface area (Å²) in [5.41, 5.74) is 4.12. The Bertz CT molecular complexity index is 874. The van der Waals surface area contributed by atoms with E-state index in [1.54, 1.807) is 24.3 Å². The van der Waals surface area contributed by atoms with Gasteiger partial charge in [0, 0.05) is 23.7 Å². The number of non-ortho nitro benzene ring substituents is 2. The van der Waals surface area contributed by atoms with E-state index in [0.717, 1.165) is 23.8 Å². The van der Waals surface area contributed by atoms with Crippen LogP contribution in [-0.2, 0) is 6.54 Å². The third kappa shape index (κ3) is 5.87. The molecule has 2 aromatic rings. The molecule has 0 aliphatic rings. The summed E-state index contributed by atoms with van der Waals surface area (Å²) in [4.78, 5) is 32.2. The SMILES string of the molecule is O=C(NNC(=S)NCc1ccc(Cl)cc1)c1cc([N+](=O)[O-])cc([N+](=O)[O-])c1. The molecule has 1 amide bonds. The van der Waals surface area contributed by atoms with Crippen LogP contribution < -0.4 is 16.2 Å². The minimum absolute atomic E-state index is 0.0817. The highest BCUT2D eigenvalue weighted by molar-refractivity contribution is 7.80. The molecule has 0 aliphatic heterocycles. The summed E-state index contributed by atoms with van der Waals surface area (Å²) in [6.45, 7) is 0.362. The number of thiocarbonyl (C=S) groups is 1. The first kappa shape index (κ1) is 20.0. The van der Waals surface area contributed by atoms with Crippen LogP contribution in [-0.4, -0.2) is 20.9 Å². The molecule has 12 heteroatoms. The van der Waals surface area contributed by atoms with Crippen molar-refractivity contribution >= 4 is 46.2 Å². The standard InChI is InChI=1S/C15H12ClN5O5S/c16-11-3-1-9(2-4-11)8-17-15(27)19-18-14(22)10-5-12(20(23)24)7-13(6-10)21(25)26/h1-7H,8H2,(H,18,22)(H2,17,19,27). The predicted octanol–water partition coefficient (Wildman–Crippen LogP) is 2.47. The molecule has 10 nitrogen and oxygen atoms in total. The van der Waals surface area contributed by atoms with Crippen molar-refractivity contribution in [2.24, 2.45) is 0 Å². The summed E-state index contributed by atoms with van der Waals surface area (Å²) in [7, 11) is 0. The van der Waals surface area contributed by atoms with Gasteiger partial charge in [0.05, 0.1) is 21.5 Å². The highest BCUT2D eigenvalue weighted by Gasteiger charge is 2.19. The fourth-order valence-corrected chi connectivity index (χ4v) is 2.20. The molecule has 140 valence electrons. The summed E-state index contributed by atoms with van der Waals surface area (Å²) in [6.07, 6.45) is 0. The number of nitrogens with one attached hydrogen (secondary N) is 3. The Hall–Kier alpha value is -3.31. The van der Waals surface area contributed by atoms with Gasteiger partial charge in [-0.2, -0.15) is 0 Å². The smallest absolute Gasteiger partial charge is 0.277 e. The Balaban J connectivity index is 1.96. The molecule has 0 aromatic heterocycles. The lowest BCUT2D eigenvalue weighted by molar-refractivity contribution is -0.394. The van der Waals surface area contributed by atoms with Crippen LogP contribution in [0.3, 0.4) is 0 Å². The monoisotopic (exact) mass is 409 g/mol. The van der Waals surface area contributed by atoms with E-state index >= 15 is 0 Å². The lowest BCUT2D eigenvalue weighted by Gasteiger charge is -2.11. The number of benzene rings is 2. The van der Waals surface area contributed by atoms with E-state index in [1.165, 1.54) is 0 Å². The largest absolute Gasteiger partial charge is 0.357 e. The number of nitro groups is 2. The zero-order valence-corrected chi connectivity index (χ0v) is 15.0. The first-order valence-corrected chi connectivity index (χ1v) is 8.07. The number of amides is 1. The maximum atomic E-state index is 12.1. The van der Waals surface area contributed by atoms with E-state index in [4.69, 9.17) is 23.8 Å². The van der Waals surface area contributed by atoms with Gasteiger partial charge in [-0.3, -0.25) is 35.9 Å². The Morgan fingerprint density at radius 3 is 2.07 bits per heavy atom. The maximum absolute atomic E-state index is 12.1. The number of nitrogens with zero attached hydrogens (tertiary/aromatic N) is 2. The van der Waals surface area contributed by atoms with E-state index in [0.29, 0.717) is 11.6 Å². The molecule has 0 unspecified atom stereocenters. The number of hydrazine groups is 1. The Kier molecular flexibility index (Phi) is 6.57.